The Balaban J connectivity index is 2.32. The zero-order valence-electron chi connectivity index (χ0n) is 17.1. The SMILES string of the molecule is CCOC(=O)C1=C(C(=O)OCC)N2c3ccc(C)cc3C=CC2C(C(=O)C(F)(F)F)=C1. The monoisotopic (exact) mass is 435 g/mol. The fraction of sp³-hybridized carbons (Fsp3) is 0.318. The average Bonchev–Trinajstić information content (AvgIpc) is 2.71. The number of hydrogen-bond acceptors (Lipinski definition) is 6. The van der Waals surface area contributed by atoms with E-state index in [1.54, 1.807) is 31.2 Å². The number of anilines is 1. The van der Waals surface area contributed by atoms with Crippen LogP contribution in [0.3, 0.4) is 0 Å². The largest absolute Gasteiger partial charge is 0.462 e. The summed E-state index contributed by atoms with van der Waals surface area (Å²) >= 11 is 0. The number of halogens is 3. The van der Waals surface area contributed by atoms with Crippen molar-refractivity contribution < 1.29 is 37.0 Å². The fourth-order valence-corrected chi connectivity index (χ4v) is 3.53. The molecule has 0 N–H and O–H groups in total. The third-order valence-corrected chi connectivity index (χ3v) is 4.78. The van der Waals surface area contributed by atoms with Crippen LogP contribution < -0.4 is 4.90 Å². The third kappa shape index (κ3) is 4.12. The standard InChI is InChI=1S/C22H20F3NO5/c1-4-30-20(28)15-11-14(19(27)22(23,24)25)17-9-7-13-10-12(3)6-8-16(13)26(17)18(15)21(29)31-5-2/h6-11,17H,4-5H2,1-3H3. The normalized spacial score (nSPS) is 17.5. The van der Waals surface area contributed by atoms with Gasteiger partial charge in [0.2, 0.25) is 0 Å². The Kier molecular flexibility index (Phi) is 6.06. The smallest absolute Gasteiger partial charge is 0.454 e. The maximum Gasteiger partial charge on any atom is 0.454 e. The summed E-state index contributed by atoms with van der Waals surface area (Å²) in [7, 11) is 0. The molecule has 164 valence electrons. The maximum absolute atomic E-state index is 13.3. The molecule has 2 aliphatic rings. The zero-order chi connectivity index (χ0) is 22.9. The summed E-state index contributed by atoms with van der Waals surface area (Å²) in [5, 5.41) is 0. The lowest BCUT2D eigenvalue weighted by Crippen LogP contribution is -2.47. The van der Waals surface area contributed by atoms with Gasteiger partial charge >= 0.3 is 18.1 Å². The Hall–Kier alpha value is -3.36. The van der Waals surface area contributed by atoms with Crippen molar-refractivity contribution in [3.63, 3.8) is 0 Å². The molecule has 0 amide bonds. The molecule has 6 nitrogen and oxygen atoms in total. The molecule has 9 heteroatoms. The number of ketones is 1. The number of rotatable bonds is 5. The van der Waals surface area contributed by atoms with Crippen LogP contribution in [0, 0.1) is 6.92 Å². The Morgan fingerprint density at radius 1 is 1.06 bits per heavy atom. The van der Waals surface area contributed by atoms with Crippen molar-refractivity contribution in [2.45, 2.75) is 33.0 Å². The molecule has 0 saturated carbocycles. The van der Waals surface area contributed by atoms with Crippen LogP contribution in [0.15, 0.2) is 47.2 Å². The van der Waals surface area contributed by atoms with E-state index in [1.807, 2.05) is 6.92 Å². The van der Waals surface area contributed by atoms with Crippen LogP contribution in [0.4, 0.5) is 18.9 Å². The van der Waals surface area contributed by atoms with Gasteiger partial charge in [-0.25, -0.2) is 9.59 Å². The van der Waals surface area contributed by atoms with Gasteiger partial charge in [-0.2, -0.15) is 13.2 Å². The van der Waals surface area contributed by atoms with Crippen molar-refractivity contribution in [3.05, 3.63) is 58.3 Å². The molecule has 0 spiro atoms. The Morgan fingerprint density at radius 3 is 2.32 bits per heavy atom. The number of alkyl halides is 3. The second-order valence-electron chi connectivity index (χ2n) is 6.87. The predicted octanol–water partition coefficient (Wildman–Crippen LogP) is 3.65. The molecule has 0 fully saturated rings. The maximum atomic E-state index is 13.3. The number of esters is 2. The lowest BCUT2D eigenvalue weighted by atomic mass is 9.87. The highest BCUT2D eigenvalue weighted by Gasteiger charge is 2.48. The Bertz CT molecular complexity index is 1040. The number of carbonyl (C=O) groups is 3. The van der Waals surface area contributed by atoms with Gasteiger partial charge in [-0.3, -0.25) is 4.79 Å². The van der Waals surface area contributed by atoms with E-state index >= 15 is 0 Å². The predicted molar refractivity (Wildman–Crippen MR) is 106 cm³/mol. The molecule has 0 aromatic heterocycles. The van der Waals surface area contributed by atoms with Crippen LogP contribution in [0.25, 0.3) is 6.08 Å². The molecule has 0 aliphatic carbocycles. The molecule has 0 saturated heterocycles. The quantitative estimate of drug-likeness (QED) is 0.658. The van der Waals surface area contributed by atoms with E-state index in [1.165, 1.54) is 17.9 Å². The minimum absolute atomic E-state index is 0.0222. The minimum Gasteiger partial charge on any atom is -0.462 e. The van der Waals surface area contributed by atoms with Crippen molar-refractivity contribution in [2.75, 3.05) is 18.1 Å². The average molecular weight is 435 g/mol. The molecule has 1 aromatic rings. The number of aryl methyl sites for hydroxylation is 1. The van der Waals surface area contributed by atoms with Crippen molar-refractivity contribution in [1.82, 2.24) is 0 Å². The summed E-state index contributed by atoms with van der Waals surface area (Å²) in [6.07, 6.45) is -1.41. The molecule has 2 heterocycles. The number of benzene rings is 1. The molecule has 3 rings (SSSR count). The molecular formula is C22H20F3NO5. The highest BCUT2D eigenvalue weighted by molar-refractivity contribution is 6.12. The van der Waals surface area contributed by atoms with Gasteiger partial charge in [-0.05, 0) is 44.5 Å². The molecular weight excluding hydrogens is 415 g/mol. The number of fused-ring (bicyclic) bond motifs is 3. The van der Waals surface area contributed by atoms with Crippen molar-refractivity contribution >= 4 is 29.5 Å². The van der Waals surface area contributed by atoms with Gasteiger partial charge in [0.25, 0.3) is 5.78 Å². The molecule has 0 radical (unpaired) electrons. The number of hydrogen-bond donors (Lipinski definition) is 0. The molecule has 31 heavy (non-hydrogen) atoms. The van der Waals surface area contributed by atoms with E-state index in [-0.39, 0.29) is 18.9 Å². The van der Waals surface area contributed by atoms with Gasteiger partial charge in [-0.15, -0.1) is 0 Å². The fourth-order valence-electron chi connectivity index (χ4n) is 3.53. The van der Waals surface area contributed by atoms with Crippen molar-refractivity contribution in [2.24, 2.45) is 0 Å². The first-order chi connectivity index (χ1) is 14.6. The lowest BCUT2D eigenvalue weighted by molar-refractivity contribution is -0.166. The summed E-state index contributed by atoms with van der Waals surface area (Å²) in [5.41, 5.74) is 0.425. The highest BCUT2D eigenvalue weighted by atomic mass is 19.4. The van der Waals surface area contributed by atoms with Gasteiger partial charge in [0, 0.05) is 11.3 Å². The van der Waals surface area contributed by atoms with Crippen LogP contribution in [0.2, 0.25) is 0 Å². The van der Waals surface area contributed by atoms with Crippen LogP contribution in [-0.2, 0) is 23.9 Å². The first-order valence-corrected chi connectivity index (χ1v) is 9.59. The molecule has 1 aromatic carbocycles. The Labute approximate surface area is 176 Å². The molecule has 1 unspecified atom stereocenters. The van der Waals surface area contributed by atoms with Gasteiger partial charge in [0.15, 0.2) is 0 Å². The van der Waals surface area contributed by atoms with E-state index in [4.69, 9.17) is 9.47 Å². The first kappa shape index (κ1) is 22.3. The zero-order valence-corrected chi connectivity index (χ0v) is 17.1. The first-order valence-electron chi connectivity index (χ1n) is 9.59. The van der Waals surface area contributed by atoms with Crippen molar-refractivity contribution in [1.29, 1.82) is 0 Å². The van der Waals surface area contributed by atoms with Crippen LogP contribution in [-0.4, -0.2) is 43.2 Å². The van der Waals surface area contributed by atoms with Crippen molar-refractivity contribution in [3.8, 4) is 0 Å². The van der Waals surface area contributed by atoms with E-state index in [0.717, 1.165) is 11.6 Å². The van der Waals surface area contributed by atoms with Gasteiger partial charge in [0.05, 0.1) is 24.8 Å². The van der Waals surface area contributed by atoms with E-state index in [2.05, 4.69) is 0 Å². The second kappa shape index (κ2) is 8.41. The summed E-state index contributed by atoms with van der Waals surface area (Å²) in [6.45, 7) is 4.81. The van der Waals surface area contributed by atoms with Crippen LogP contribution in [0.1, 0.15) is 25.0 Å². The van der Waals surface area contributed by atoms with Gasteiger partial charge in [0.1, 0.15) is 5.70 Å². The van der Waals surface area contributed by atoms with Crippen LogP contribution >= 0.6 is 0 Å². The summed E-state index contributed by atoms with van der Waals surface area (Å²) in [6, 6.07) is 3.86. The number of carbonyl (C=O) groups excluding carboxylic acids is 3. The third-order valence-electron chi connectivity index (χ3n) is 4.78. The van der Waals surface area contributed by atoms with Gasteiger partial charge in [-0.1, -0.05) is 23.8 Å². The van der Waals surface area contributed by atoms with Gasteiger partial charge < -0.3 is 14.4 Å². The summed E-state index contributed by atoms with van der Waals surface area (Å²) < 4.78 is 50.0. The Morgan fingerprint density at radius 2 is 1.71 bits per heavy atom. The van der Waals surface area contributed by atoms with E-state index < -0.39 is 41.1 Å². The summed E-state index contributed by atoms with van der Waals surface area (Å²) in [4.78, 5) is 38.9. The second-order valence-corrected chi connectivity index (χ2v) is 6.87. The van der Waals surface area contributed by atoms with E-state index in [0.29, 0.717) is 11.3 Å². The number of Topliss-reactive ketones (excluding diaryl/α,β-unsaturated/α-hetero) is 1. The minimum atomic E-state index is -5.17. The summed E-state index contributed by atoms with van der Waals surface area (Å²) in [5.74, 6) is -4.04. The number of ether oxygens (including phenoxy) is 2. The van der Waals surface area contributed by atoms with E-state index in [9.17, 15) is 27.6 Å². The highest BCUT2D eigenvalue weighted by Crippen LogP contribution is 2.41. The lowest BCUT2D eigenvalue weighted by Gasteiger charge is -2.40. The topological polar surface area (TPSA) is 72.9 Å². The molecule has 1 atom stereocenters. The molecule has 0 bridgehead atoms. The van der Waals surface area contributed by atoms with Crippen LogP contribution in [0.5, 0.6) is 0 Å². The number of nitrogens with zero attached hydrogens (tertiary/aromatic N) is 1. The molecule has 2 aliphatic heterocycles.